The number of hydrogen-bond donors (Lipinski definition) is 3. The van der Waals surface area contributed by atoms with Gasteiger partial charge >= 0.3 is 11.9 Å². The molecule has 0 unspecified atom stereocenters. The van der Waals surface area contributed by atoms with E-state index in [4.69, 9.17) is 5.11 Å². The van der Waals surface area contributed by atoms with Crippen LogP contribution in [0.4, 0.5) is 0 Å². The quantitative estimate of drug-likeness (QED) is 0.671. The van der Waals surface area contributed by atoms with Gasteiger partial charge in [-0.3, -0.25) is 14.3 Å². The van der Waals surface area contributed by atoms with Crippen LogP contribution in [0.3, 0.4) is 0 Å². The minimum atomic E-state index is -1.53. The number of fused-ring (bicyclic) bond motifs is 1. The zero-order valence-electron chi connectivity index (χ0n) is 15.8. The fraction of sp³-hybridized carbons (Fsp3) is 0.500. The summed E-state index contributed by atoms with van der Waals surface area (Å²) < 4.78 is 1.82. The molecule has 2 aromatic rings. The maximum absolute atomic E-state index is 12.8. The molecule has 3 rings (SSSR count). The first kappa shape index (κ1) is 19.9. The summed E-state index contributed by atoms with van der Waals surface area (Å²) in [6.45, 7) is 1.96. The molecule has 1 aromatic heterocycles. The fourth-order valence-corrected chi connectivity index (χ4v) is 3.80. The first-order valence-corrected chi connectivity index (χ1v) is 9.60. The highest BCUT2D eigenvalue weighted by Crippen LogP contribution is 2.27. The number of amides is 1. The first-order valence-electron chi connectivity index (χ1n) is 9.60. The topological polar surface area (TPSA) is 122 Å². The minimum absolute atomic E-state index is 0.121. The Morgan fingerprint density at radius 3 is 2.46 bits per heavy atom. The summed E-state index contributed by atoms with van der Waals surface area (Å²) >= 11 is 0. The Bertz CT molecular complexity index is 885. The number of benzene rings is 1. The van der Waals surface area contributed by atoms with Gasteiger partial charge in [-0.15, -0.1) is 0 Å². The Hall–Kier alpha value is -2.90. The van der Waals surface area contributed by atoms with Gasteiger partial charge < -0.3 is 15.5 Å². The number of para-hydroxylation sites is 1. The molecule has 1 heterocycles. The summed E-state index contributed by atoms with van der Waals surface area (Å²) in [5, 5.41) is 25.8. The molecule has 0 radical (unpaired) electrons. The molecule has 3 N–H and O–H groups in total. The lowest BCUT2D eigenvalue weighted by atomic mass is 9.89. The number of carboxylic acids is 2. The number of rotatable bonds is 7. The molecule has 0 bridgehead atoms. The van der Waals surface area contributed by atoms with Crippen molar-refractivity contribution in [2.24, 2.45) is 11.8 Å². The molecule has 0 aliphatic heterocycles. The molecule has 1 aliphatic carbocycles. The van der Waals surface area contributed by atoms with Crippen LogP contribution >= 0.6 is 0 Å². The van der Waals surface area contributed by atoms with E-state index in [0.29, 0.717) is 17.8 Å². The number of carbonyl (C=O) groups is 3. The highest BCUT2D eigenvalue weighted by Gasteiger charge is 2.33. The second-order valence-electron chi connectivity index (χ2n) is 7.47. The largest absolute Gasteiger partial charge is 0.481 e. The SMILES string of the molecule is C[C@@H](C(=O)O)[C@@H](NC(=O)c1nn(CC2CCCCC2)c2ccccc12)C(=O)O. The number of hydrogen-bond acceptors (Lipinski definition) is 4. The van der Waals surface area contributed by atoms with Crippen molar-refractivity contribution >= 4 is 28.7 Å². The van der Waals surface area contributed by atoms with E-state index in [0.717, 1.165) is 18.4 Å². The lowest BCUT2D eigenvalue weighted by Crippen LogP contribution is -2.47. The van der Waals surface area contributed by atoms with Crippen molar-refractivity contribution in [1.82, 2.24) is 15.1 Å². The van der Waals surface area contributed by atoms with Crippen LogP contribution in [0, 0.1) is 11.8 Å². The average molecular weight is 387 g/mol. The van der Waals surface area contributed by atoms with Gasteiger partial charge in [0.2, 0.25) is 0 Å². The Kier molecular flexibility index (Phi) is 5.96. The number of carboxylic acid groups (broad SMARTS) is 2. The van der Waals surface area contributed by atoms with Gasteiger partial charge in [0.15, 0.2) is 5.69 Å². The predicted molar refractivity (Wildman–Crippen MR) is 102 cm³/mol. The van der Waals surface area contributed by atoms with Crippen molar-refractivity contribution in [1.29, 1.82) is 0 Å². The number of aliphatic carboxylic acids is 2. The van der Waals surface area contributed by atoms with E-state index >= 15 is 0 Å². The van der Waals surface area contributed by atoms with Gasteiger partial charge in [0.05, 0.1) is 11.4 Å². The molecule has 28 heavy (non-hydrogen) atoms. The summed E-state index contributed by atoms with van der Waals surface area (Å²) in [4.78, 5) is 35.4. The Balaban J connectivity index is 1.88. The Labute approximate surface area is 162 Å². The lowest BCUT2D eigenvalue weighted by Gasteiger charge is -2.21. The monoisotopic (exact) mass is 387 g/mol. The molecule has 8 nitrogen and oxygen atoms in total. The van der Waals surface area contributed by atoms with Crippen LogP contribution in [0.25, 0.3) is 10.9 Å². The van der Waals surface area contributed by atoms with Crippen molar-refractivity contribution in [3.05, 3.63) is 30.0 Å². The molecule has 1 aliphatic rings. The third-order valence-corrected chi connectivity index (χ3v) is 5.47. The molecule has 8 heteroatoms. The molecule has 1 saturated carbocycles. The van der Waals surface area contributed by atoms with Crippen LogP contribution in [0.1, 0.15) is 49.5 Å². The van der Waals surface area contributed by atoms with E-state index < -0.39 is 29.8 Å². The van der Waals surface area contributed by atoms with Gasteiger partial charge in [0, 0.05) is 11.9 Å². The molecule has 150 valence electrons. The van der Waals surface area contributed by atoms with Crippen LogP contribution in [0.2, 0.25) is 0 Å². The standard InChI is InChI=1S/C20H25N3O5/c1-12(19(25)26)16(20(27)28)21-18(24)17-14-9-5-6-10-15(14)23(22-17)11-13-7-3-2-4-8-13/h5-6,9-10,12-13,16H,2-4,7-8,11H2,1H3,(H,21,24)(H,25,26)(H,27,28)/t12-,16-/m1/s1. The maximum Gasteiger partial charge on any atom is 0.327 e. The summed E-state index contributed by atoms with van der Waals surface area (Å²) in [6, 6.07) is 5.78. The lowest BCUT2D eigenvalue weighted by molar-refractivity contribution is -0.149. The van der Waals surface area contributed by atoms with Gasteiger partial charge in [-0.25, -0.2) is 4.79 Å². The molecule has 1 aromatic carbocycles. The van der Waals surface area contributed by atoms with E-state index in [1.807, 2.05) is 16.8 Å². The third-order valence-electron chi connectivity index (χ3n) is 5.47. The minimum Gasteiger partial charge on any atom is -0.481 e. The molecular weight excluding hydrogens is 362 g/mol. The van der Waals surface area contributed by atoms with Gasteiger partial charge in [-0.1, -0.05) is 37.5 Å². The molecule has 1 amide bonds. The third kappa shape index (κ3) is 4.16. The van der Waals surface area contributed by atoms with E-state index in [1.54, 1.807) is 12.1 Å². The van der Waals surface area contributed by atoms with Crippen molar-refractivity contribution in [3.63, 3.8) is 0 Å². The van der Waals surface area contributed by atoms with Gasteiger partial charge in [0.1, 0.15) is 6.04 Å². The highest BCUT2D eigenvalue weighted by atomic mass is 16.4. The Morgan fingerprint density at radius 1 is 1.14 bits per heavy atom. The van der Waals surface area contributed by atoms with E-state index in [-0.39, 0.29) is 5.69 Å². The van der Waals surface area contributed by atoms with Crippen molar-refractivity contribution < 1.29 is 24.6 Å². The second-order valence-corrected chi connectivity index (χ2v) is 7.47. The normalized spacial score (nSPS) is 17.2. The molecule has 1 fully saturated rings. The average Bonchev–Trinajstić information content (AvgIpc) is 3.04. The maximum atomic E-state index is 12.8. The summed E-state index contributed by atoms with van der Waals surface area (Å²) in [5.74, 6) is -4.13. The summed E-state index contributed by atoms with van der Waals surface area (Å²) in [5.41, 5.74) is 0.937. The fourth-order valence-electron chi connectivity index (χ4n) is 3.80. The van der Waals surface area contributed by atoms with Gasteiger partial charge in [-0.2, -0.15) is 5.10 Å². The molecule has 0 spiro atoms. The van der Waals surface area contributed by atoms with Crippen molar-refractivity contribution in [3.8, 4) is 0 Å². The molecular formula is C20H25N3O5. The van der Waals surface area contributed by atoms with Crippen LogP contribution in [-0.4, -0.2) is 43.9 Å². The number of aromatic nitrogens is 2. The summed E-state index contributed by atoms with van der Waals surface area (Å²) in [6.07, 6.45) is 5.91. The highest BCUT2D eigenvalue weighted by molar-refractivity contribution is 6.06. The number of carbonyl (C=O) groups excluding carboxylic acids is 1. The van der Waals surface area contributed by atoms with Crippen LogP contribution in [0.15, 0.2) is 24.3 Å². The smallest absolute Gasteiger partial charge is 0.327 e. The van der Waals surface area contributed by atoms with Gasteiger partial charge in [-0.05, 0) is 31.7 Å². The van der Waals surface area contributed by atoms with Gasteiger partial charge in [0.25, 0.3) is 5.91 Å². The molecule has 0 saturated heterocycles. The predicted octanol–water partition coefficient (Wildman–Crippen LogP) is 2.52. The van der Waals surface area contributed by atoms with Crippen LogP contribution < -0.4 is 5.32 Å². The van der Waals surface area contributed by atoms with Crippen LogP contribution in [-0.2, 0) is 16.1 Å². The van der Waals surface area contributed by atoms with Crippen molar-refractivity contribution in [2.75, 3.05) is 0 Å². The first-order chi connectivity index (χ1) is 13.4. The van der Waals surface area contributed by atoms with Crippen LogP contribution in [0.5, 0.6) is 0 Å². The summed E-state index contributed by atoms with van der Waals surface area (Å²) in [7, 11) is 0. The zero-order chi connectivity index (χ0) is 20.3. The second kappa shape index (κ2) is 8.41. The van der Waals surface area contributed by atoms with Crippen molar-refractivity contribution in [2.45, 2.75) is 51.6 Å². The van der Waals surface area contributed by atoms with E-state index in [9.17, 15) is 19.5 Å². The number of nitrogens with one attached hydrogen (secondary N) is 1. The number of nitrogens with zero attached hydrogens (tertiary/aromatic N) is 2. The molecule has 2 atom stereocenters. The van der Waals surface area contributed by atoms with E-state index in [2.05, 4.69) is 10.4 Å². The zero-order valence-corrected chi connectivity index (χ0v) is 15.8. The Morgan fingerprint density at radius 2 is 1.82 bits per heavy atom. The van der Waals surface area contributed by atoms with E-state index in [1.165, 1.54) is 26.2 Å².